The van der Waals surface area contributed by atoms with Gasteiger partial charge in [0.2, 0.25) is 0 Å². The number of fused-ring (bicyclic) bond motifs is 1. The van der Waals surface area contributed by atoms with Gasteiger partial charge in [-0.05, 0) is 36.2 Å². The van der Waals surface area contributed by atoms with Crippen LogP contribution in [0.3, 0.4) is 0 Å². The molecule has 1 heterocycles. The Labute approximate surface area is 161 Å². The third-order valence-corrected chi connectivity index (χ3v) is 4.85. The summed E-state index contributed by atoms with van der Waals surface area (Å²) in [5.74, 6) is -0.133. The zero-order chi connectivity index (χ0) is 18.7. The van der Waals surface area contributed by atoms with E-state index < -0.39 is 0 Å². The van der Waals surface area contributed by atoms with Gasteiger partial charge in [0, 0.05) is 0 Å². The topological polar surface area (TPSA) is 67.4 Å². The highest BCUT2D eigenvalue weighted by Crippen LogP contribution is 2.33. The van der Waals surface area contributed by atoms with Gasteiger partial charge < -0.3 is 15.4 Å². The van der Waals surface area contributed by atoms with Gasteiger partial charge in [-0.25, -0.2) is 0 Å². The van der Waals surface area contributed by atoms with E-state index >= 15 is 0 Å². The number of hydrogen-bond acceptors (Lipinski definition) is 3. The molecule has 0 saturated carbocycles. The van der Waals surface area contributed by atoms with Crippen LogP contribution in [0, 0.1) is 0 Å². The molecule has 0 aromatic heterocycles. The first-order chi connectivity index (χ1) is 12.5. The second-order valence-corrected chi connectivity index (χ2v) is 6.82. The number of anilines is 1. The van der Waals surface area contributed by atoms with Gasteiger partial charge in [-0.1, -0.05) is 48.7 Å². The molecular weight excluding hydrogens is 375 g/mol. The molecule has 26 heavy (non-hydrogen) atoms. The van der Waals surface area contributed by atoms with Gasteiger partial charge in [0.25, 0.3) is 11.8 Å². The number of nitrogens with one attached hydrogen (secondary N) is 2. The second kappa shape index (κ2) is 7.98. The van der Waals surface area contributed by atoms with E-state index in [9.17, 15) is 9.59 Å². The molecule has 1 atom stereocenters. The summed E-state index contributed by atoms with van der Waals surface area (Å²) in [5.41, 5.74) is 1.76. The molecule has 3 rings (SSSR count). The third kappa shape index (κ3) is 3.94. The first-order valence-electron chi connectivity index (χ1n) is 8.31. The van der Waals surface area contributed by atoms with Crippen molar-refractivity contribution in [3.63, 3.8) is 0 Å². The third-order valence-electron chi connectivity index (χ3n) is 4.11. The van der Waals surface area contributed by atoms with Crippen LogP contribution in [-0.2, 0) is 4.79 Å². The number of para-hydroxylation sites is 1. The number of carbonyl (C=O) groups is 2. The van der Waals surface area contributed by atoms with Gasteiger partial charge in [-0.2, -0.15) is 0 Å². The summed E-state index contributed by atoms with van der Waals surface area (Å²) in [5, 5.41) is 6.65. The Morgan fingerprint density at radius 2 is 2.08 bits per heavy atom. The van der Waals surface area contributed by atoms with Gasteiger partial charge in [-0.15, -0.1) is 0 Å². The first-order valence-corrected chi connectivity index (χ1v) is 9.06. The SMILES string of the molecule is CCCC(NC(=O)c1cccc2c1OCC(=O)N2)c1ccc(Cl)c(Cl)c1. The summed E-state index contributed by atoms with van der Waals surface area (Å²) < 4.78 is 5.46. The number of halogens is 2. The molecule has 136 valence electrons. The Balaban J connectivity index is 1.86. The molecule has 2 amide bonds. The smallest absolute Gasteiger partial charge is 0.262 e. The number of amides is 2. The van der Waals surface area contributed by atoms with Crippen LogP contribution in [0.15, 0.2) is 36.4 Å². The van der Waals surface area contributed by atoms with Crippen molar-refractivity contribution in [3.8, 4) is 5.75 Å². The highest BCUT2D eigenvalue weighted by atomic mass is 35.5. The van der Waals surface area contributed by atoms with Crippen LogP contribution < -0.4 is 15.4 Å². The van der Waals surface area contributed by atoms with Crippen molar-refractivity contribution >= 4 is 40.7 Å². The van der Waals surface area contributed by atoms with Crippen molar-refractivity contribution in [2.45, 2.75) is 25.8 Å². The lowest BCUT2D eigenvalue weighted by Gasteiger charge is -2.23. The van der Waals surface area contributed by atoms with Crippen molar-refractivity contribution in [1.29, 1.82) is 0 Å². The van der Waals surface area contributed by atoms with E-state index in [4.69, 9.17) is 27.9 Å². The highest BCUT2D eigenvalue weighted by molar-refractivity contribution is 6.42. The Morgan fingerprint density at radius 1 is 1.27 bits per heavy atom. The molecule has 1 aliphatic rings. The molecule has 0 bridgehead atoms. The zero-order valence-electron chi connectivity index (χ0n) is 14.1. The summed E-state index contributed by atoms with van der Waals surface area (Å²) in [6.07, 6.45) is 1.63. The second-order valence-electron chi connectivity index (χ2n) is 6.01. The lowest BCUT2D eigenvalue weighted by Crippen LogP contribution is -2.31. The minimum Gasteiger partial charge on any atom is -0.481 e. The van der Waals surface area contributed by atoms with Gasteiger partial charge >= 0.3 is 0 Å². The van der Waals surface area contributed by atoms with Crippen LogP contribution in [0.5, 0.6) is 5.75 Å². The van der Waals surface area contributed by atoms with Crippen molar-refractivity contribution < 1.29 is 14.3 Å². The Morgan fingerprint density at radius 3 is 2.81 bits per heavy atom. The summed E-state index contributed by atoms with van der Waals surface area (Å²) in [6.45, 7) is 1.93. The van der Waals surface area contributed by atoms with E-state index in [0.717, 1.165) is 18.4 Å². The van der Waals surface area contributed by atoms with Crippen LogP contribution in [-0.4, -0.2) is 18.4 Å². The maximum Gasteiger partial charge on any atom is 0.262 e. The number of rotatable bonds is 5. The lowest BCUT2D eigenvalue weighted by molar-refractivity contribution is -0.118. The number of ether oxygens (including phenoxy) is 1. The summed E-state index contributed by atoms with van der Waals surface area (Å²) in [4.78, 5) is 24.3. The van der Waals surface area contributed by atoms with E-state index in [-0.39, 0.29) is 24.5 Å². The van der Waals surface area contributed by atoms with Crippen LogP contribution >= 0.6 is 23.2 Å². The number of benzene rings is 2. The fourth-order valence-corrected chi connectivity index (χ4v) is 3.18. The molecule has 7 heteroatoms. The molecule has 1 unspecified atom stereocenters. The molecule has 2 aromatic carbocycles. The van der Waals surface area contributed by atoms with Gasteiger partial charge in [0.05, 0.1) is 27.3 Å². The maximum absolute atomic E-state index is 12.8. The fraction of sp³-hybridized carbons (Fsp3) is 0.263. The molecular formula is C19H18Cl2N2O3. The monoisotopic (exact) mass is 392 g/mol. The van der Waals surface area contributed by atoms with E-state index in [1.807, 2.05) is 13.0 Å². The number of hydrogen-bond donors (Lipinski definition) is 2. The zero-order valence-corrected chi connectivity index (χ0v) is 15.7. The molecule has 5 nitrogen and oxygen atoms in total. The van der Waals surface area contributed by atoms with Crippen molar-refractivity contribution in [1.82, 2.24) is 5.32 Å². The lowest BCUT2D eigenvalue weighted by atomic mass is 10.0. The average molecular weight is 393 g/mol. The summed E-state index contributed by atoms with van der Waals surface area (Å²) in [6, 6.07) is 10.2. The van der Waals surface area contributed by atoms with Crippen LogP contribution in [0.25, 0.3) is 0 Å². The van der Waals surface area contributed by atoms with Crippen LogP contribution in [0.2, 0.25) is 10.0 Å². The maximum atomic E-state index is 12.8. The molecule has 0 radical (unpaired) electrons. The van der Waals surface area contributed by atoms with Gasteiger partial charge in [-0.3, -0.25) is 9.59 Å². The molecule has 0 saturated heterocycles. The summed E-state index contributed by atoms with van der Waals surface area (Å²) in [7, 11) is 0. The molecule has 0 aliphatic carbocycles. The van der Waals surface area contributed by atoms with Crippen LogP contribution in [0.1, 0.15) is 41.7 Å². The van der Waals surface area contributed by atoms with E-state index in [0.29, 0.717) is 27.0 Å². The van der Waals surface area contributed by atoms with Crippen molar-refractivity contribution in [3.05, 3.63) is 57.6 Å². The normalized spacial score (nSPS) is 14.0. The predicted octanol–water partition coefficient (Wildman–Crippen LogP) is 4.60. The van der Waals surface area contributed by atoms with Crippen molar-refractivity contribution in [2.75, 3.05) is 11.9 Å². The molecule has 2 aromatic rings. The van der Waals surface area contributed by atoms with Gasteiger partial charge in [0.1, 0.15) is 0 Å². The first kappa shape index (κ1) is 18.5. The van der Waals surface area contributed by atoms with E-state index in [1.165, 1.54) is 0 Å². The Bertz CT molecular complexity index is 855. The largest absolute Gasteiger partial charge is 0.481 e. The van der Waals surface area contributed by atoms with E-state index in [2.05, 4.69) is 10.6 Å². The fourth-order valence-electron chi connectivity index (χ4n) is 2.87. The quantitative estimate of drug-likeness (QED) is 0.781. The molecule has 0 fully saturated rings. The number of carbonyl (C=O) groups excluding carboxylic acids is 2. The molecule has 1 aliphatic heterocycles. The van der Waals surface area contributed by atoms with Crippen LogP contribution in [0.4, 0.5) is 5.69 Å². The Kier molecular flexibility index (Phi) is 5.69. The van der Waals surface area contributed by atoms with Crippen molar-refractivity contribution in [2.24, 2.45) is 0 Å². The van der Waals surface area contributed by atoms with Gasteiger partial charge in [0.15, 0.2) is 12.4 Å². The highest BCUT2D eigenvalue weighted by Gasteiger charge is 2.24. The molecule has 0 spiro atoms. The summed E-state index contributed by atoms with van der Waals surface area (Å²) >= 11 is 12.1. The standard InChI is InChI=1S/C19H18Cl2N2O3/c1-2-4-15(11-7-8-13(20)14(21)9-11)23-19(25)12-5-3-6-16-18(12)26-10-17(24)22-16/h3,5-9,15H,2,4,10H2,1H3,(H,22,24)(H,23,25). The minimum atomic E-state index is -0.275. The average Bonchev–Trinajstić information content (AvgIpc) is 2.62. The van der Waals surface area contributed by atoms with E-state index in [1.54, 1.807) is 30.3 Å². The Hall–Kier alpha value is -2.24. The predicted molar refractivity (Wildman–Crippen MR) is 102 cm³/mol. The minimum absolute atomic E-state index is 0.109. The molecule has 2 N–H and O–H groups in total.